The number of fused-ring (bicyclic) bond motifs is 3. The fourth-order valence-corrected chi connectivity index (χ4v) is 3.66. The number of hydrogen-bond acceptors (Lipinski definition) is 7. The molecule has 0 fully saturated rings. The van der Waals surface area contributed by atoms with Crippen molar-refractivity contribution in [2.45, 2.75) is 38.1 Å². The summed E-state index contributed by atoms with van der Waals surface area (Å²) in [5.74, 6) is 1.66. The van der Waals surface area contributed by atoms with Gasteiger partial charge in [0.05, 0.1) is 12.0 Å². The van der Waals surface area contributed by atoms with Crippen LogP contribution < -0.4 is 9.64 Å². The van der Waals surface area contributed by atoms with Crippen LogP contribution in [0.2, 0.25) is 0 Å². The first-order chi connectivity index (χ1) is 13.7. The molecular weight excluding hydrogens is 376 g/mol. The van der Waals surface area contributed by atoms with E-state index in [9.17, 15) is 4.79 Å². The summed E-state index contributed by atoms with van der Waals surface area (Å²) in [4.78, 5) is 19.1. The second kappa shape index (κ2) is 8.02. The van der Waals surface area contributed by atoms with Gasteiger partial charge in [0.1, 0.15) is 0 Å². The van der Waals surface area contributed by atoms with Crippen LogP contribution in [0.4, 0.5) is 5.69 Å². The molecule has 0 saturated heterocycles. The van der Waals surface area contributed by atoms with Gasteiger partial charge in [-0.25, -0.2) is 0 Å². The molecule has 2 aromatic heterocycles. The zero-order valence-electron chi connectivity index (χ0n) is 15.7. The third-order valence-electron chi connectivity index (χ3n) is 4.30. The van der Waals surface area contributed by atoms with Gasteiger partial charge in [-0.05, 0) is 24.6 Å². The largest absolute Gasteiger partial charge is 0.463 e. The van der Waals surface area contributed by atoms with Crippen molar-refractivity contribution in [1.29, 1.82) is 0 Å². The van der Waals surface area contributed by atoms with Crippen LogP contribution in [0, 0.1) is 0 Å². The molecule has 1 aliphatic rings. The Morgan fingerprint density at radius 2 is 2.04 bits per heavy atom. The van der Waals surface area contributed by atoms with Crippen molar-refractivity contribution in [3.8, 4) is 17.1 Å². The molecule has 1 aromatic carbocycles. The summed E-state index contributed by atoms with van der Waals surface area (Å²) in [7, 11) is 0. The van der Waals surface area contributed by atoms with E-state index >= 15 is 0 Å². The summed E-state index contributed by atoms with van der Waals surface area (Å²) in [5, 5.41) is 9.17. The van der Waals surface area contributed by atoms with Crippen molar-refractivity contribution >= 4 is 23.4 Å². The Labute approximate surface area is 167 Å². The van der Waals surface area contributed by atoms with Gasteiger partial charge in [-0.15, -0.1) is 10.2 Å². The second-order valence-corrected chi connectivity index (χ2v) is 7.28. The maximum atomic E-state index is 12.9. The molecule has 0 radical (unpaired) electrons. The number of nitrogens with zero attached hydrogens (tertiary/aromatic N) is 4. The maximum Gasteiger partial charge on any atom is 0.247 e. The van der Waals surface area contributed by atoms with Crippen LogP contribution in [-0.4, -0.2) is 26.8 Å². The van der Waals surface area contributed by atoms with Gasteiger partial charge in [-0.2, -0.15) is 4.98 Å². The minimum atomic E-state index is -0.773. The molecule has 1 unspecified atom stereocenters. The van der Waals surface area contributed by atoms with E-state index in [1.807, 2.05) is 31.2 Å². The smallest absolute Gasteiger partial charge is 0.247 e. The van der Waals surface area contributed by atoms with Gasteiger partial charge in [0.2, 0.25) is 23.2 Å². The lowest BCUT2D eigenvalue weighted by Gasteiger charge is -2.28. The predicted octanol–water partition coefficient (Wildman–Crippen LogP) is 4.47. The molecule has 0 N–H and O–H groups in total. The van der Waals surface area contributed by atoms with E-state index in [0.29, 0.717) is 34.6 Å². The highest BCUT2D eigenvalue weighted by Gasteiger charge is 2.36. The van der Waals surface area contributed by atoms with Crippen molar-refractivity contribution in [3.05, 3.63) is 48.4 Å². The van der Waals surface area contributed by atoms with Crippen LogP contribution in [-0.2, 0) is 4.79 Å². The average Bonchev–Trinajstić information content (AvgIpc) is 3.22. The van der Waals surface area contributed by atoms with Crippen molar-refractivity contribution in [2.75, 3.05) is 10.7 Å². The maximum absolute atomic E-state index is 12.9. The Hall–Kier alpha value is -2.87. The highest BCUT2D eigenvalue weighted by atomic mass is 32.2. The van der Waals surface area contributed by atoms with Gasteiger partial charge in [-0.3, -0.25) is 9.69 Å². The Morgan fingerprint density at radius 1 is 1.18 bits per heavy atom. The molecular formula is C20H20N4O3S. The molecule has 7 nitrogen and oxygen atoms in total. The van der Waals surface area contributed by atoms with Gasteiger partial charge in [0.25, 0.3) is 0 Å². The average molecular weight is 396 g/mol. The SMILES string of the molecule is CCCSc1nnc2c(n1)OC(c1ccco1)N(C(=O)CC)c1ccccc1-2. The fraction of sp³-hybridized carbons (Fsp3) is 0.300. The minimum absolute atomic E-state index is 0.0878. The van der Waals surface area contributed by atoms with Crippen LogP contribution >= 0.6 is 11.8 Å². The number of para-hydroxylation sites is 1. The van der Waals surface area contributed by atoms with E-state index < -0.39 is 6.23 Å². The molecule has 1 aliphatic heterocycles. The molecule has 144 valence electrons. The van der Waals surface area contributed by atoms with Gasteiger partial charge in [0, 0.05) is 17.7 Å². The van der Waals surface area contributed by atoms with Gasteiger partial charge in [0.15, 0.2) is 11.5 Å². The van der Waals surface area contributed by atoms with Crippen LogP contribution in [0.15, 0.2) is 52.2 Å². The van der Waals surface area contributed by atoms with Crippen molar-refractivity contribution in [2.24, 2.45) is 0 Å². The zero-order chi connectivity index (χ0) is 19.5. The first kappa shape index (κ1) is 18.5. The molecule has 0 aliphatic carbocycles. The number of anilines is 1. The van der Waals surface area contributed by atoms with Crippen LogP contribution in [0.1, 0.15) is 38.7 Å². The molecule has 3 aromatic rings. The number of carbonyl (C=O) groups is 1. The third kappa shape index (κ3) is 3.35. The topological polar surface area (TPSA) is 81.3 Å². The zero-order valence-corrected chi connectivity index (χ0v) is 16.5. The van der Waals surface area contributed by atoms with E-state index in [4.69, 9.17) is 9.15 Å². The number of amides is 1. The number of hydrogen-bond donors (Lipinski definition) is 0. The van der Waals surface area contributed by atoms with E-state index in [1.165, 1.54) is 11.8 Å². The number of carbonyl (C=O) groups excluding carboxylic acids is 1. The van der Waals surface area contributed by atoms with Gasteiger partial charge >= 0.3 is 0 Å². The molecule has 0 bridgehead atoms. The molecule has 4 rings (SSSR count). The van der Waals surface area contributed by atoms with Crippen molar-refractivity contribution in [1.82, 2.24) is 15.2 Å². The second-order valence-electron chi connectivity index (χ2n) is 6.22. The summed E-state index contributed by atoms with van der Waals surface area (Å²) in [6, 6.07) is 11.1. The normalized spacial score (nSPS) is 15.4. The summed E-state index contributed by atoms with van der Waals surface area (Å²) in [5.41, 5.74) is 1.96. The number of thioether (sulfide) groups is 1. The Morgan fingerprint density at radius 3 is 2.79 bits per heavy atom. The number of benzene rings is 1. The van der Waals surface area contributed by atoms with E-state index in [0.717, 1.165) is 17.7 Å². The Bertz CT molecular complexity index is 977. The first-order valence-electron chi connectivity index (χ1n) is 9.22. The van der Waals surface area contributed by atoms with Gasteiger partial charge in [-0.1, -0.05) is 43.8 Å². The monoisotopic (exact) mass is 396 g/mol. The molecule has 0 spiro atoms. The summed E-state index contributed by atoms with van der Waals surface area (Å²) in [6.07, 6.45) is 2.11. The molecule has 1 atom stereocenters. The lowest BCUT2D eigenvalue weighted by atomic mass is 10.1. The highest BCUT2D eigenvalue weighted by Crippen LogP contribution is 2.43. The Kier molecular flexibility index (Phi) is 5.29. The van der Waals surface area contributed by atoms with Crippen LogP contribution in [0.3, 0.4) is 0 Å². The number of ether oxygens (including phenoxy) is 1. The molecule has 0 saturated carbocycles. The molecule has 1 amide bonds. The standard InChI is InChI=1S/C20H20N4O3S/c1-3-12-28-20-21-18-17(22-23-20)13-8-5-6-9-14(13)24(16(25)4-2)19(27-18)15-10-7-11-26-15/h5-11,19H,3-4,12H2,1-2H3. The lowest BCUT2D eigenvalue weighted by molar-refractivity contribution is -0.120. The number of aromatic nitrogens is 3. The van der Waals surface area contributed by atoms with Crippen LogP contribution in [0.5, 0.6) is 5.88 Å². The number of rotatable bonds is 5. The lowest BCUT2D eigenvalue weighted by Crippen LogP contribution is -2.37. The molecule has 3 heterocycles. The van der Waals surface area contributed by atoms with Crippen molar-refractivity contribution < 1.29 is 13.9 Å². The minimum Gasteiger partial charge on any atom is -0.463 e. The summed E-state index contributed by atoms with van der Waals surface area (Å²) < 4.78 is 11.8. The molecule has 8 heteroatoms. The Balaban J connectivity index is 1.89. The van der Waals surface area contributed by atoms with E-state index in [-0.39, 0.29) is 5.91 Å². The quantitative estimate of drug-likeness (QED) is 0.589. The third-order valence-corrected chi connectivity index (χ3v) is 5.35. The van der Waals surface area contributed by atoms with Gasteiger partial charge < -0.3 is 9.15 Å². The highest BCUT2D eigenvalue weighted by molar-refractivity contribution is 7.99. The van der Waals surface area contributed by atoms with E-state index in [1.54, 1.807) is 23.3 Å². The number of furan rings is 1. The fourth-order valence-electron chi connectivity index (χ4n) is 3.02. The summed E-state index contributed by atoms with van der Waals surface area (Å²) >= 11 is 1.52. The van der Waals surface area contributed by atoms with Crippen LogP contribution in [0.25, 0.3) is 11.3 Å². The van der Waals surface area contributed by atoms with E-state index in [2.05, 4.69) is 22.1 Å². The van der Waals surface area contributed by atoms with Crippen molar-refractivity contribution in [3.63, 3.8) is 0 Å². The first-order valence-corrected chi connectivity index (χ1v) is 10.2. The predicted molar refractivity (Wildman–Crippen MR) is 106 cm³/mol. The summed E-state index contributed by atoms with van der Waals surface area (Å²) in [6.45, 7) is 3.91. The molecule has 28 heavy (non-hydrogen) atoms.